The van der Waals surface area contributed by atoms with Crippen LogP contribution < -0.4 is 16.6 Å². The fourth-order valence-electron chi connectivity index (χ4n) is 3.46. The number of aromatic amines is 1. The van der Waals surface area contributed by atoms with E-state index >= 15 is 0 Å². The van der Waals surface area contributed by atoms with Gasteiger partial charge in [-0.05, 0) is 24.6 Å². The highest BCUT2D eigenvalue weighted by molar-refractivity contribution is 6.05. The molecule has 7 nitrogen and oxygen atoms in total. The molecule has 0 saturated heterocycles. The average Bonchev–Trinajstić information content (AvgIpc) is 3.06. The molecule has 4 rings (SSSR count). The number of aryl methyl sites for hydroxylation is 1. The van der Waals surface area contributed by atoms with E-state index in [0.717, 1.165) is 10.1 Å². The first-order valence-electron chi connectivity index (χ1n) is 9.23. The maximum atomic E-state index is 13.0. The summed E-state index contributed by atoms with van der Waals surface area (Å²) in [6.07, 6.45) is 1.56. The van der Waals surface area contributed by atoms with Crippen molar-refractivity contribution in [2.24, 2.45) is 7.05 Å². The van der Waals surface area contributed by atoms with Crippen LogP contribution >= 0.6 is 0 Å². The van der Waals surface area contributed by atoms with Gasteiger partial charge in [-0.15, -0.1) is 0 Å². The third-order valence-corrected chi connectivity index (χ3v) is 4.93. The zero-order chi connectivity index (χ0) is 20.5. The Balaban J connectivity index is 1.79. The summed E-state index contributed by atoms with van der Waals surface area (Å²) in [5.74, 6) is -0.362. The van der Waals surface area contributed by atoms with Crippen LogP contribution in [0.2, 0.25) is 0 Å². The van der Waals surface area contributed by atoms with Gasteiger partial charge in [0.1, 0.15) is 5.52 Å². The van der Waals surface area contributed by atoms with Gasteiger partial charge in [0, 0.05) is 13.2 Å². The highest BCUT2D eigenvalue weighted by atomic mass is 16.2. The lowest BCUT2D eigenvalue weighted by Crippen LogP contribution is -2.34. The fraction of sp³-hybridized carbons (Fsp3) is 0.136. The number of H-pyrrole nitrogens is 1. The molecule has 0 fully saturated rings. The Bertz CT molecular complexity index is 1300. The van der Waals surface area contributed by atoms with Crippen LogP contribution in [0.1, 0.15) is 28.9 Å². The number of aromatic nitrogens is 3. The first kappa shape index (κ1) is 18.5. The zero-order valence-electron chi connectivity index (χ0n) is 16.0. The number of nitrogens with one attached hydrogen (secondary N) is 2. The molecule has 1 atom stereocenters. The van der Waals surface area contributed by atoms with Crippen LogP contribution in [-0.2, 0) is 7.05 Å². The van der Waals surface area contributed by atoms with E-state index in [1.807, 2.05) is 37.3 Å². The van der Waals surface area contributed by atoms with E-state index in [2.05, 4.69) is 10.3 Å². The fourth-order valence-corrected chi connectivity index (χ4v) is 3.46. The van der Waals surface area contributed by atoms with Crippen molar-refractivity contribution in [3.05, 3.63) is 98.8 Å². The van der Waals surface area contributed by atoms with E-state index in [9.17, 15) is 14.4 Å². The minimum atomic E-state index is -0.593. The number of benzene rings is 2. The third-order valence-electron chi connectivity index (χ3n) is 4.93. The molecule has 0 aliphatic rings. The van der Waals surface area contributed by atoms with Crippen molar-refractivity contribution in [1.82, 2.24) is 19.4 Å². The Kier molecular flexibility index (Phi) is 4.64. The van der Waals surface area contributed by atoms with Crippen LogP contribution in [-0.4, -0.2) is 20.0 Å². The number of hydrogen-bond acceptors (Lipinski definition) is 3. The lowest BCUT2D eigenvalue weighted by Gasteiger charge is -2.13. The van der Waals surface area contributed by atoms with E-state index in [1.165, 1.54) is 0 Å². The van der Waals surface area contributed by atoms with Crippen molar-refractivity contribution in [2.75, 3.05) is 0 Å². The van der Waals surface area contributed by atoms with Gasteiger partial charge in [0.05, 0.1) is 22.8 Å². The summed E-state index contributed by atoms with van der Waals surface area (Å²) in [4.78, 5) is 41.3. The van der Waals surface area contributed by atoms with Crippen molar-refractivity contribution in [3.63, 3.8) is 0 Å². The Hall–Kier alpha value is -3.87. The number of para-hydroxylation sites is 1. The minimum Gasteiger partial charge on any atom is -0.345 e. The monoisotopic (exact) mass is 388 g/mol. The van der Waals surface area contributed by atoms with Gasteiger partial charge in [-0.2, -0.15) is 0 Å². The van der Waals surface area contributed by atoms with E-state index in [-0.39, 0.29) is 28.5 Å². The normalized spacial score (nSPS) is 12.1. The van der Waals surface area contributed by atoms with Crippen molar-refractivity contribution in [3.8, 4) is 5.69 Å². The first-order valence-corrected chi connectivity index (χ1v) is 9.23. The predicted molar refractivity (Wildman–Crippen MR) is 111 cm³/mol. The molecular formula is C22H20N4O3. The van der Waals surface area contributed by atoms with Gasteiger partial charge in [0.15, 0.2) is 0 Å². The van der Waals surface area contributed by atoms with E-state index < -0.39 is 11.2 Å². The molecular weight excluding hydrogens is 368 g/mol. The number of amides is 1. The largest absolute Gasteiger partial charge is 0.345 e. The van der Waals surface area contributed by atoms with E-state index in [4.69, 9.17) is 0 Å². The van der Waals surface area contributed by atoms with Gasteiger partial charge in [-0.25, -0.2) is 9.36 Å². The van der Waals surface area contributed by atoms with Crippen molar-refractivity contribution in [1.29, 1.82) is 0 Å². The van der Waals surface area contributed by atoms with Crippen molar-refractivity contribution >= 4 is 16.9 Å². The molecule has 0 spiro atoms. The molecule has 4 aromatic rings. The summed E-state index contributed by atoms with van der Waals surface area (Å²) < 4.78 is 2.63. The lowest BCUT2D eigenvalue weighted by molar-refractivity contribution is 0.0941. The number of carbonyl (C=O) groups is 1. The highest BCUT2D eigenvalue weighted by Crippen LogP contribution is 2.17. The van der Waals surface area contributed by atoms with Gasteiger partial charge in [-0.3, -0.25) is 9.59 Å². The van der Waals surface area contributed by atoms with Crippen LogP contribution in [0.4, 0.5) is 0 Å². The van der Waals surface area contributed by atoms with Crippen molar-refractivity contribution in [2.45, 2.75) is 13.0 Å². The molecule has 0 aliphatic carbocycles. The smallest absolute Gasteiger partial charge is 0.333 e. The Labute approximate surface area is 166 Å². The van der Waals surface area contributed by atoms with Gasteiger partial charge in [0.25, 0.3) is 11.5 Å². The summed E-state index contributed by atoms with van der Waals surface area (Å²) in [5.41, 5.74) is 1.09. The van der Waals surface area contributed by atoms with Gasteiger partial charge in [-0.1, -0.05) is 48.5 Å². The number of rotatable bonds is 4. The topological polar surface area (TPSA) is 88.9 Å². The number of nitrogens with zero attached hydrogens (tertiary/aromatic N) is 2. The third kappa shape index (κ3) is 3.27. The minimum absolute atomic E-state index is 0.227. The Morgan fingerprint density at radius 3 is 2.28 bits per heavy atom. The second kappa shape index (κ2) is 7.27. The Morgan fingerprint density at radius 1 is 1.00 bits per heavy atom. The van der Waals surface area contributed by atoms with E-state index in [0.29, 0.717) is 5.69 Å². The summed E-state index contributed by atoms with van der Waals surface area (Å²) in [6, 6.07) is 18.0. The molecule has 2 heterocycles. The molecule has 29 heavy (non-hydrogen) atoms. The maximum Gasteiger partial charge on any atom is 0.333 e. The molecule has 0 bridgehead atoms. The molecule has 2 aromatic carbocycles. The number of hydrogen-bond donors (Lipinski definition) is 2. The van der Waals surface area contributed by atoms with Gasteiger partial charge < -0.3 is 14.9 Å². The van der Waals surface area contributed by atoms with Crippen LogP contribution in [0.25, 0.3) is 16.7 Å². The summed E-state index contributed by atoms with van der Waals surface area (Å²) in [6.45, 7) is 1.88. The lowest BCUT2D eigenvalue weighted by atomic mass is 10.1. The maximum absolute atomic E-state index is 13.0. The standard InChI is InChI=1S/C22H20N4O3/c1-14(15-9-5-3-6-10-15)23-20(27)17-13-25(2)19-18(17)24-22(29)26(21(19)28)16-11-7-4-8-12-16/h3-14H,1-2H3,(H,23,27)(H,24,29)/t14-/m0/s1. The summed E-state index contributed by atoms with van der Waals surface area (Å²) in [7, 11) is 1.68. The van der Waals surface area contributed by atoms with Crippen LogP contribution in [0.5, 0.6) is 0 Å². The molecule has 0 radical (unpaired) electrons. The zero-order valence-corrected chi connectivity index (χ0v) is 16.0. The highest BCUT2D eigenvalue weighted by Gasteiger charge is 2.21. The number of fused-ring (bicyclic) bond motifs is 1. The second-order valence-electron chi connectivity index (χ2n) is 6.89. The molecule has 1 amide bonds. The van der Waals surface area contributed by atoms with E-state index in [1.54, 1.807) is 48.1 Å². The molecule has 2 N–H and O–H groups in total. The SMILES string of the molecule is C[C@H](NC(=O)c1cn(C)c2c(=O)n(-c3ccccc3)c(=O)[nH]c12)c1ccccc1. The number of carbonyl (C=O) groups excluding carboxylic acids is 1. The van der Waals surface area contributed by atoms with Gasteiger partial charge in [0.2, 0.25) is 0 Å². The first-order chi connectivity index (χ1) is 14.0. The predicted octanol–water partition coefficient (Wildman–Crippen LogP) is 2.51. The second-order valence-corrected chi connectivity index (χ2v) is 6.89. The molecule has 7 heteroatoms. The molecule has 0 saturated carbocycles. The van der Waals surface area contributed by atoms with Crippen LogP contribution in [0.15, 0.2) is 76.4 Å². The van der Waals surface area contributed by atoms with Crippen LogP contribution in [0.3, 0.4) is 0 Å². The van der Waals surface area contributed by atoms with Gasteiger partial charge >= 0.3 is 5.69 Å². The Morgan fingerprint density at radius 2 is 1.62 bits per heavy atom. The molecule has 2 aromatic heterocycles. The molecule has 146 valence electrons. The molecule has 0 aliphatic heterocycles. The van der Waals surface area contributed by atoms with Crippen LogP contribution in [0, 0.1) is 0 Å². The summed E-state index contributed by atoms with van der Waals surface area (Å²) in [5, 5.41) is 2.92. The summed E-state index contributed by atoms with van der Waals surface area (Å²) >= 11 is 0. The molecule has 0 unspecified atom stereocenters. The quantitative estimate of drug-likeness (QED) is 0.563. The van der Waals surface area contributed by atoms with Crippen molar-refractivity contribution < 1.29 is 4.79 Å². The average molecular weight is 388 g/mol.